The number of fused-ring (bicyclic) bond motifs is 3. The Kier molecular flexibility index (Phi) is 5.75. The SMILES string of the molecule is CC(C)(C)OC(=O)N1C2CCC(C2)C1c1ncc(-c2ccc3cc(B4OC(C)(C)C(C)(C)O4)ccc3c2)[nH]1. The van der Waals surface area contributed by atoms with Crippen molar-refractivity contribution < 1.29 is 18.8 Å². The first-order valence-electron chi connectivity index (χ1n) is 13.8. The number of hydrogen-bond donors (Lipinski definition) is 1. The number of rotatable bonds is 3. The van der Waals surface area contributed by atoms with Crippen molar-refractivity contribution in [3.05, 3.63) is 48.4 Å². The highest BCUT2D eigenvalue weighted by molar-refractivity contribution is 6.62. The summed E-state index contributed by atoms with van der Waals surface area (Å²) in [5, 5.41) is 2.26. The van der Waals surface area contributed by atoms with E-state index in [1.807, 2.05) is 31.9 Å². The fourth-order valence-electron chi connectivity index (χ4n) is 6.11. The molecule has 3 aliphatic rings. The van der Waals surface area contributed by atoms with Crippen LogP contribution < -0.4 is 5.46 Å². The van der Waals surface area contributed by atoms with E-state index in [9.17, 15) is 4.79 Å². The summed E-state index contributed by atoms with van der Waals surface area (Å²) in [5.41, 5.74) is 1.77. The lowest BCUT2D eigenvalue weighted by Crippen LogP contribution is -2.43. The number of carbonyl (C=O) groups is 1. The van der Waals surface area contributed by atoms with Gasteiger partial charge in [0.05, 0.1) is 29.1 Å². The van der Waals surface area contributed by atoms with Gasteiger partial charge in [0.1, 0.15) is 11.4 Å². The van der Waals surface area contributed by atoms with Gasteiger partial charge in [-0.1, -0.05) is 30.3 Å². The number of carbonyl (C=O) groups excluding carboxylic acids is 1. The van der Waals surface area contributed by atoms with Crippen LogP contribution >= 0.6 is 0 Å². The molecular formula is C30H38BN3O4. The van der Waals surface area contributed by atoms with Gasteiger partial charge in [-0.05, 0) is 95.9 Å². The standard InChI is InChI=1S/C30H38BN3O4/c1-28(2,3)36-27(35)34-23-13-11-21(16-23)25(34)26-32-17-24(33-26)20-9-8-19-15-22(12-10-18(19)14-20)31-37-29(4,5)30(6,7)38-31/h8-10,12,14-15,17,21,23,25H,11,13,16H2,1-7H3,(H,32,33). The first kappa shape index (κ1) is 25.4. The van der Waals surface area contributed by atoms with Crippen molar-refractivity contribution in [2.24, 2.45) is 5.92 Å². The predicted molar refractivity (Wildman–Crippen MR) is 149 cm³/mol. The van der Waals surface area contributed by atoms with Gasteiger partial charge in [0.25, 0.3) is 0 Å². The predicted octanol–water partition coefficient (Wildman–Crippen LogP) is 5.99. The first-order chi connectivity index (χ1) is 17.8. The number of amides is 1. The minimum Gasteiger partial charge on any atom is -0.444 e. The fourth-order valence-corrected chi connectivity index (χ4v) is 6.11. The van der Waals surface area contributed by atoms with E-state index in [1.165, 1.54) is 0 Å². The molecule has 2 aromatic carbocycles. The average molecular weight is 515 g/mol. The van der Waals surface area contributed by atoms with Crippen LogP contribution in [0.3, 0.4) is 0 Å². The van der Waals surface area contributed by atoms with Gasteiger partial charge in [-0.2, -0.15) is 0 Å². The second-order valence-electron chi connectivity index (χ2n) is 13.2. The van der Waals surface area contributed by atoms with E-state index in [4.69, 9.17) is 19.0 Å². The maximum Gasteiger partial charge on any atom is 0.494 e. The molecule has 7 nitrogen and oxygen atoms in total. The summed E-state index contributed by atoms with van der Waals surface area (Å²) in [6.07, 6.45) is 4.81. The molecule has 3 heterocycles. The zero-order chi connectivity index (χ0) is 27.0. The molecule has 200 valence electrons. The van der Waals surface area contributed by atoms with Crippen LogP contribution in [0.5, 0.6) is 0 Å². The van der Waals surface area contributed by atoms with Crippen molar-refractivity contribution in [3.8, 4) is 11.3 Å². The molecule has 3 atom stereocenters. The van der Waals surface area contributed by atoms with Gasteiger partial charge >= 0.3 is 13.2 Å². The number of H-pyrrole nitrogens is 1. The number of nitrogens with zero attached hydrogens (tertiary/aromatic N) is 2. The zero-order valence-corrected chi connectivity index (χ0v) is 23.5. The van der Waals surface area contributed by atoms with Crippen LogP contribution in [0, 0.1) is 5.92 Å². The molecule has 1 aromatic heterocycles. The van der Waals surface area contributed by atoms with Gasteiger partial charge in [-0.3, -0.25) is 4.90 Å². The number of nitrogens with one attached hydrogen (secondary N) is 1. The number of hydrogen-bond acceptors (Lipinski definition) is 5. The molecule has 3 aromatic rings. The highest BCUT2D eigenvalue weighted by atomic mass is 16.7. The summed E-state index contributed by atoms with van der Waals surface area (Å²) in [7, 11) is -0.381. The molecule has 3 unspecified atom stereocenters. The van der Waals surface area contributed by atoms with Gasteiger partial charge in [-0.15, -0.1) is 0 Å². The number of aromatic amines is 1. The third-order valence-corrected chi connectivity index (χ3v) is 8.77. The van der Waals surface area contributed by atoms with E-state index in [2.05, 4.69) is 69.1 Å². The summed E-state index contributed by atoms with van der Waals surface area (Å²) in [5.74, 6) is 1.26. The Hall–Kier alpha value is -2.84. The molecule has 8 heteroatoms. The molecule has 38 heavy (non-hydrogen) atoms. The molecule has 1 N–H and O–H groups in total. The maximum absolute atomic E-state index is 13.1. The number of piperidine rings is 1. The van der Waals surface area contributed by atoms with Gasteiger partial charge in [0, 0.05) is 11.6 Å². The van der Waals surface area contributed by atoms with Gasteiger partial charge in [0.2, 0.25) is 0 Å². The van der Waals surface area contributed by atoms with E-state index in [1.54, 1.807) is 0 Å². The molecule has 2 bridgehead atoms. The lowest BCUT2D eigenvalue weighted by atomic mass is 9.78. The van der Waals surface area contributed by atoms with Crippen LogP contribution in [0.2, 0.25) is 0 Å². The third kappa shape index (κ3) is 4.32. The molecule has 6 rings (SSSR count). The van der Waals surface area contributed by atoms with E-state index < -0.39 is 5.60 Å². The van der Waals surface area contributed by atoms with Crippen LogP contribution in [0.1, 0.15) is 79.6 Å². The molecular weight excluding hydrogens is 477 g/mol. The second-order valence-corrected chi connectivity index (χ2v) is 13.2. The largest absolute Gasteiger partial charge is 0.494 e. The van der Waals surface area contributed by atoms with Gasteiger partial charge < -0.3 is 19.0 Å². The fraction of sp³-hybridized carbons (Fsp3) is 0.533. The first-order valence-corrected chi connectivity index (χ1v) is 13.8. The molecule has 0 spiro atoms. The van der Waals surface area contributed by atoms with Crippen molar-refractivity contribution in [2.75, 3.05) is 0 Å². The molecule has 1 amide bonds. The van der Waals surface area contributed by atoms with Gasteiger partial charge in [0.15, 0.2) is 0 Å². The Labute approximate surface area is 225 Å². The molecule has 1 saturated carbocycles. The third-order valence-electron chi connectivity index (χ3n) is 8.77. The molecule has 0 radical (unpaired) electrons. The van der Waals surface area contributed by atoms with Crippen molar-refractivity contribution >= 4 is 29.4 Å². The smallest absolute Gasteiger partial charge is 0.444 e. The van der Waals surface area contributed by atoms with E-state index >= 15 is 0 Å². The summed E-state index contributed by atoms with van der Waals surface area (Å²) >= 11 is 0. The number of ether oxygens (including phenoxy) is 1. The highest BCUT2D eigenvalue weighted by Gasteiger charge is 2.52. The Morgan fingerprint density at radius 2 is 1.74 bits per heavy atom. The van der Waals surface area contributed by atoms with E-state index in [0.29, 0.717) is 5.92 Å². The topological polar surface area (TPSA) is 76.7 Å². The quantitative estimate of drug-likeness (QED) is 0.434. The molecule has 2 aliphatic heterocycles. The lowest BCUT2D eigenvalue weighted by molar-refractivity contribution is 0.00578. The number of aromatic nitrogens is 2. The number of benzene rings is 2. The minimum absolute atomic E-state index is 0.0692. The van der Waals surface area contributed by atoms with Crippen LogP contribution in [-0.2, 0) is 14.0 Å². The monoisotopic (exact) mass is 515 g/mol. The summed E-state index contributed by atoms with van der Waals surface area (Å²) in [6, 6.07) is 12.9. The van der Waals surface area contributed by atoms with Crippen molar-refractivity contribution in [3.63, 3.8) is 0 Å². The summed E-state index contributed by atoms with van der Waals surface area (Å²) < 4.78 is 18.3. The zero-order valence-electron chi connectivity index (χ0n) is 23.5. The van der Waals surface area contributed by atoms with E-state index in [-0.39, 0.29) is 36.5 Å². The average Bonchev–Trinajstić information content (AvgIpc) is 3.60. The normalized spacial score (nSPS) is 25.9. The second kappa shape index (κ2) is 8.58. The minimum atomic E-state index is -0.523. The molecule has 2 saturated heterocycles. The molecule has 1 aliphatic carbocycles. The molecule has 3 fully saturated rings. The summed E-state index contributed by atoms with van der Waals surface area (Å²) in [4.78, 5) is 23.3. The maximum atomic E-state index is 13.1. The number of imidazole rings is 1. The van der Waals surface area contributed by atoms with Crippen LogP contribution in [0.4, 0.5) is 4.79 Å². The van der Waals surface area contributed by atoms with Gasteiger partial charge in [-0.25, -0.2) is 9.78 Å². The van der Waals surface area contributed by atoms with Crippen LogP contribution in [-0.4, -0.2) is 50.9 Å². The number of likely N-dealkylation sites (tertiary alicyclic amines) is 1. The van der Waals surface area contributed by atoms with Crippen molar-refractivity contribution in [1.29, 1.82) is 0 Å². The van der Waals surface area contributed by atoms with Crippen molar-refractivity contribution in [2.45, 2.75) is 96.6 Å². The van der Waals surface area contributed by atoms with Crippen LogP contribution in [0.15, 0.2) is 42.6 Å². The van der Waals surface area contributed by atoms with Crippen molar-refractivity contribution in [1.82, 2.24) is 14.9 Å². The Bertz CT molecular complexity index is 1380. The van der Waals surface area contributed by atoms with Crippen LogP contribution in [0.25, 0.3) is 22.0 Å². The summed E-state index contributed by atoms with van der Waals surface area (Å²) in [6.45, 7) is 14.0. The Balaban J connectivity index is 1.25. The lowest BCUT2D eigenvalue weighted by Gasteiger charge is -2.35. The van der Waals surface area contributed by atoms with E-state index in [0.717, 1.165) is 52.6 Å². The Morgan fingerprint density at radius 1 is 1.05 bits per heavy atom. The Morgan fingerprint density at radius 3 is 2.45 bits per heavy atom. The highest BCUT2D eigenvalue weighted by Crippen LogP contribution is 2.50.